The summed E-state index contributed by atoms with van der Waals surface area (Å²) in [5.41, 5.74) is 2.39. The highest BCUT2D eigenvalue weighted by atomic mass is 32.2. The van der Waals surface area contributed by atoms with Gasteiger partial charge >= 0.3 is 6.18 Å². The number of benzene rings is 3. The number of carbonyl (C=O) groups excluding carboxylic acids is 1. The maximum Gasteiger partial charge on any atom is 0.416 e. The van der Waals surface area contributed by atoms with Crippen LogP contribution in [0.4, 0.5) is 18.9 Å². The Morgan fingerprint density at radius 1 is 1.03 bits per heavy atom. The molecular formula is C24H22F3N3O4S. The number of ether oxygens (including phenoxy) is 1. The summed E-state index contributed by atoms with van der Waals surface area (Å²) in [6.07, 6.45) is -2.54. The fourth-order valence-corrected chi connectivity index (χ4v) is 3.88. The van der Waals surface area contributed by atoms with E-state index in [1.807, 2.05) is 30.3 Å². The van der Waals surface area contributed by atoms with E-state index in [9.17, 15) is 26.4 Å². The van der Waals surface area contributed by atoms with Crippen LogP contribution < -0.4 is 14.5 Å². The summed E-state index contributed by atoms with van der Waals surface area (Å²) in [6.45, 7) is -0.442. The van der Waals surface area contributed by atoms with Crippen molar-refractivity contribution in [2.24, 2.45) is 5.10 Å². The van der Waals surface area contributed by atoms with Crippen molar-refractivity contribution in [1.29, 1.82) is 0 Å². The Morgan fingerprint density at radius 3 is 2.40 bits per heavy atom. The van der Waals surface area contributed by atoms with E-state index in [0.29, 0.717) is 28.3 Å². The van der Waals surface area contributed by atoms with E-state index >= 15 is 0 Å². The molecule has 0 aromatic heterocycles. The van der Waals surface area contributed by atoms with Crippen LogP contribution in [0.1, 0.15) is 16.7 Å². The Labute approximate surface area is 200 Å². The molecule has 0 saturated heterocycles. The number of amides is 1. The van der Waals surface area contributed by atoms with Crippen LogP contribution in [0.2, 0.25) is 0 Å². The van der Waals surface area contributed by atoms with E-state index in [1.165, 1.54) is 12.3 Å². The molecule has 3 rings (SSSR count). The SMILES string of the molecule is CS(=O)(=O)N(CC(=O)N/N=C\c1ccccc1OCc1ccccc1)c1cccc(C(F)(F)F)c1. The number of sulfonamides is 1. The Bertz CT molecular complexity index is 1300. The molecule has 0 aliphatic carbocycles. The lowest BCUT2D eigenvalue weighted by molar-refractivity contribution is -0.137. The number of nitrogens with one attached hydrogen (secondary N) is 1. The lowest BCUT2D eigenvalue weighted by atomic mass is 10.2. The number of hydrazone groups is 1. The van der Waals surface area contributed by atoms with Gasteiger partial charge in [-0.15, -0.1) is 0 Å². The molecule has 0 atom stereocenters. The van der Waals surface area contributed by atoms with Crippen molar-refractivity contribution < 1.29 is 31.1 Å². The minimum atomic E-state index is -4.66. The molecule has 1 amide bonds. The van der Waals surface area contributed by atoms with Gasteiger partial charge in [-0.2, -0.15) is 18.3 Å². The lowest BCUT2D eigenvalue weighted by Gasteiger charge is -2.22. The topological polar surface area (TPSA) is 88.1 Å². The first kappa shape index (κ1) is 25.8. The summed E-state index contributed by atoms with van der Waals surface area (Å²) in [5.74, 6) is -0.331. The number of rotatable bonds is 9. The number of para-hydroxylation sites is 1. The monoisotopic (exact) mass is 505 g/mol. The highest BCUT2D eigenvalue weighted by molar-refractivity contribution is 7.92. The molecule has 35 heavy (non-hydrogen) atoms. The number of nitrogens with zero attached hydrogens (tertiary/aromatic N) is 2. The predicted molar refractivity (Wildman–Crippen MR) is 127 cm³/mol. The normalized spacial score (nSPS) is 11.9. The van der Waals surface area contributed by atoms with Crippen molar-refractivity contribution in [2.45, 2.75) is 12.8 Å². The third kappa shape index (κ3) is 7.57. The second kappa shape index (κ2) is 11.0. The fraction of sp³-hybridized carbons (Fsp3) is 0.167. The molecule has 0 spiro atoms. The quantitative estimate of drug-likeness (QED) is 0.349. The number of hydrogen-bond acceptors (Lipinski definition) is 5. The molecule has 184 valence electrons. The van der Waals surface area contributed by atoms with Crippen LogP contribution in [0, 0.1) is 0 Å². The summed E-state index contributed by atoms with van der Waals surface area (Å²) in [5, 5.41) is 3.84. The Morgan fingerprint density at radius 2 is 1.71 bits per heavy atom. The van der Waals surface area contributed by atoms with Gasteiger partial charge in [0, 0.05) is 5.56 Å². The molecule has 1 N–H and O–H groups in total. The van der Waals surface area contributed by atoms with Gasteiger partial charge in [-0.25, -0.2) is 13.8 Å². The number of anilines is 1. The van der Waals surface area contributed by atoms with Crippen LogP contribution in [0.3, 0.4) is 0 Å². The third-order valence-electron chi connectivity index (χ3n) is 4.70. The summed E-state index contributed by atoms with van der Waals surface area (Å²) < 4.78 is 69.8. The fourth-order valence-electron chi connectivity index (χ4n) is 3.03. The van der Waals surface area contributed by atoms with Crippen molar-refractivity contribution >= 4 is 27.8 Å². The van der Waals surface area contributed by atoms with Gasteiger partial charge < -0.3 is 4.74 Å². The van der Waals surface area contributed by atoms with Gasteiger partial charge in [0.25, 0.3) is 5.91 Å². The second-order valence-electron chi connectivity index (χ2n) is 7.42. The van der Waals surface area contributed by atoms with Crippen molar-refractivity contribution in [2.75, 3.05) is 17.1 Å². The van der Waals surface area contributed by atoms with E-state index < -0.39 is 34.2 Å². The average Bonchev–Trinajstić information content (AvgIpc) is 2.81. The number of halogens is 3. The molecule has 0 aliphatic rings. The molecule has 0 saturated carbocycles. The van der Waals surface area contributed by atoms with Gasteiger partial charge in [-0.05, 0) is 35.9 Å². The molecule has 0 radical (unpaired) electrons. The first-order chi connectivity index (χ1) is 16.5. The summed E-state index contributed by atoms with van der Waals surface area (Å²) in [6, 6.07) is 20.2. The Balaban J connectivity index is 1.68. The van der Waals surface area contributed by atoms with Gasteiger partial charge in [-0.1, -0.05) is 48.5 Å². The third-order valence-corrected chi connectivity index (χ3v) is 5.84. The van der Waals surface area contributed by atoms with Crippen LogP contribution >= 0.6 is 0 Å². The van der Waals surface area contributed by atoms with Crippen LogP contribution in [-0.4, -0.2) is 33.3 Å². The summed E-state index contributed by atoms with van der Waals surface area (Å²) in [4.78, 5) is 12.4. The van der Waals surface area contributed by atoms with E-state index in [2.05, 4.69) is 10.5 Å². The molecule has 0 aliphatic heterocycles. The summed E-state index contributed by atoms with van der Waals surface area (Å²) in [7, 11) is -4.06. The smallest absolute Gasteiger partial charge is 0.416 e. The zero-order valence-electron chi connectivity index (χ0n) is 18.6. The van der Waals surface area contributed by atoms with Gasteiger partial charge in [-0.3, -0.25) is 9.10 Å². The molecular weight excluding hydrogens is 483 g/mol. The predicted octanol–water partition coefficient (Wildman–Crippen LogP) is 4.20. The van der Waals surface area contributed by atoms with Crippen molar-refractivity contribution in [1.82, 2.24) is 5.43 Å². The van der Waals surface area contributed by atoms with E-state index in [4.69, 9.17) is 4.74 Å². The van der Waals surface area contributed by atoms with E-state index in [-0.39, 0.29) is 5.69 Å². The van der Waals surface area contributed by atoms with Gasteiger partial charge in [0.2, 0.25) is 10.0 Å². The molecule has 7 nitrogen and oxygen atoms in total. The lowest BCUT2D eigenvalue weighted by Crippen LogP contribution is -2.39. The van der Waals surface area contributed by atoms with Crippen LogP contribution in [-0.2, 0) is 27.6 Å². The zero-order valence-corrected chi connectivity index (χ0v) is 19.4. The minimum absolute atomic E-state index is 0.291. The van der Waals surface area contributed by atoms with E-state index in [0.717, 1.165) is 24.0 Å². The Hall–Kier alpha value is -3.86. The summed E-state index contributed by atoms with van der Waals surface area (Å²) >= 11 is 0. The van der Waals surface area contributed by atoms with Gasteiger partial charge in [0.1, 0.15) is 18.9 Å². The van der Waals surface area contributed by atoms with E-state index in [1.54, 1.807) is 24.3 Å². The van der Waals surface area contributed by atoms with Crippen LogP contribution in [0.25, 0.3) is 0 Å². The largest absolute Gasteiger partial charge is 0.488 e. The van der Waals surface area contributed by atoms with Gasteiger partial charge in [0.05, 0.1) is 23.7 Å². The number of alkyl halides is 3. The number of carbonyl (C=O) groups is 1. The average molecular weight is 506 g/mol. The maximum absolute atomic E-state index is 13.0. The molecule has 11 heteroatoms. The molecule has 3 aromatic rings. The highest BCUT2D eigenvalue weighted by Gasteiger charge is 2.32. The van der Waals surface area contributed by atoms with Crippen molar-refractivity contribution in [3.8, 4) is 5.75 Å². The molecule has 0 bridgehead atoms. The van der Waals surface area contributed by atoms with Crippen LogP contribution in [0.5, 0.6) is 5.75 Å². The number of hydrogen-bond donors (Lipinski definition) is 1. The van der Waals surface area contributed by atoms with Crippen molar-refractivity contribution in [3.05, 3.63) is 95.6 Å². The van der Waals surface area contributed by atoms with Crippen molar-refractivity contribution in [3.63, 3.8) is 0 Å². The first-order valence-electron chi connectivity index (χ1n) is 10.3. The van der Waals surface area contributed by atoms with Crippen LogP contribution in [0.15, 0.2) is 84.0 Å². The highest BCUT2D eigenvalue weighted by Crippen LogP contribution is 2.32. The second-order valence-corrected chi connectivity index (χ2v) is 9.33. The minimum Gasteiger partial charge on any atom is -0.488 e. The molecule has 3 aromatic carbocycles. The van der Waals surface area contributed by atoms with Gasteiger partial charge in [0.15, 0.2) is 0 Å². The maximum atomic E-state index is 13.0. The standard InChI is InChI=1S/C24H22F3N3O4S/c1-35(32,33)30(21-12-7-11-20(14-21)24(25,26)27)16-23(31)29-28-15-19-10-5-6-13-22(19)34-17-18-8-3-2-4-9-18/h2-15H,16-17H2,1H3,(H,29,31)/b28-15-. The molecule has 0 fully saturated rings. The zero-order chi connectivity index (χ0) is 25.5. The first-order valence-corrected chi connectivity index (χ1v) is 12.1. The molecule has 0 heterocycles. The molecule has 0 unspecified atom stereocenters. The Kier molecular flexibility index (Phi) is 8.13.